The molecule has 1 aliphatic carbocycles. The van der Waals surface area contributed by atoms with Crippen molar-refractivity contribution >= 4 is 23.2 Å². The predicted molar refractivity (Wildman–Crippen MR) is 87.4 cm³/mol. The molecule has 0 bridgehead atoms. The van der Waals surface area contributed by atoms with Crippen molar-refractivity contribution in [2.24, 2.45) is 0 Å². The van der Waals surface area contributed by atoms with E-state index in [4.69, 9.17) is 4.52 Å². The second kappa shape index (κ2) is 5.97. The van der Waals surface area contributed by atoms with Gasteiger partial charge in [-0.2, -0.15) is 4.98 Å². The van der Waals surface area contributed by atoms with Crippen LogP contribution in [0.1, 0.15) is 37.5 Å². The van der Waals surface area contributed by atoms with E-state index in [-0.39, 0.29) is 18.2 Å². The van der Waals surface area contributed by atoms with E-state index in [0.29, 0.717) is 11.7 Å². The summed E-state index contributed by atoms with van der Waals surface area (Å²) in [6, 6.07) is 11.3. The van der Waals surface area contributed by atoms with Crippen LogP contribution in [0, 0.1) is 0 Å². The van der Waals surface area contributed by atoms with E-state index < -0.39 is 0 Å². The van der Waals surface area contributed by atoms with Crippen LogP contribution >= 0.6 is 12.4 Å². The van der Waals surface area contributed by atoms with Gasteiger partial charge in [-0.15, -0.1) is 12.4 Å². The lowest BCUT2D eigenvalue weighted by Gasteiger charge is -2.01. The Labute approximate surface area is 134 Å². The lowest BCUT2D eigenvalue weighted by atomic mass is 10.1. The van der Waals surface area contributed by atoms with Crippen molar-refractivity contribution in [3.63, 3.8) is 0 Å². The smallest absolute Gasteiger partial charge is 0.230 e. The van der Waals surface area contributed by atoms with Gasteiger partial charge in [0, 0.05) is 11.5 Å². The molecule has 1 N–H and O–H groups in total. The van der Waals surface area contributed by atoms with Crippen molar-refractivity contribution in [3.05, 3.63) is 42.3 Å². The summed E-state index contributed by atoms with van der Waals surface area (Å²) in [5, 5.41) is 15.7. The number of nitrogens with zero attached hydrogens (tertiary/aromatic N) is 2. The van der Waals surface area contributed by atoms with Gasteiger partial charge in [0.15, 0.2) is 0 Å². The molecule has 0 aliphatic heterocycles. The highest BCUT2D eigenvalue weighted by Gasteiger charge is 2.23. The van der Waals surface area contributed by atoms with Gasteiger partial charge in [-0.05, 0) is 41.8 Å². The van der Waals surface area contributed by atoms with Gasteiger partial charge in [-0.25, -0.2) is 0 Å². The first-order chi connectivity index (χ1) is 10.3. The minimum Gasteiger partial charge on any atom is -0.508 e. The Kier molecular flexibility index (Phi) is 4.03. The largest absolute Gasteiger partial charge is 0.508 e. The van der Waals surface area contributed by atoms with E-state index in [2.05, 4.69) is 10.1 Å². The highest BCUT2D eigenvalue weighted by molar-refractivity contribution is 5.87. The summed E-state index contributed by atoms with van der Waals surface area (Å²) in [4.78, 5) is 4.56. The monoisotopic (exact) mass is 316 g/mol. The van der Waals surface area contributed by atoms with Crippen molar-refractivity contribution in [1.29, 1.82) is 0 Å². The van der Waals surface area contributed by atoms with Crippen LogP contribution in [0.4, 0.5) is 0 Å². The number of phenolic OH excluding ortho intramolecular Hbond substituents is 1. The maximum atomic E-state index is 9.50. The second-order valence-corrected chi connectivity index (χ2v) is 5.68. The number of hydrogen-bond donors (Lipinski definition) is 1. The SMILES string of the molecule is Cl.Oc1ccc2cc(-c3noc(C4CCCC4)n3)ccc2c1. The Bertz CT molecular complexity index is 794. The van der Waals surface area contributed by atoms with E-state index in [9.17, 15) is 5.11 Å². The van der Waals surface area contributed by atoms with Gasteiger partial charge in [-0.1, -0.05) is 36.2 Å². The highest BCUT2D eigenvalue weighted by Crippen LogP contribution is 2.34. The quantitative estimate of drug-likeness (QED) is 0.746. The molecule has 22 heavy (non-hydrogen) atoms. The first-order valence-corrected chi connectivity index (χ1v) is 7.36. The molecule has 1 aliphatic rings. The molecule has 1 aromatic heterocycles. The molecule has 1 fully saturated rings. The van der Waals surface area contributed by atoms with Crippen LogP contribution in [-0.4, -0.2) is 15.2 Å². The number of aromatic hydroxyl groups is 1. The summed E-state index contributed by atoms with van der Waals surface area (Å²) < 4.78 is 5.43. The molecule has 0 atom stereocenters. The number of hydrogen-bond acceptors (Lipinski definition) is 4. The molecule has 0 unspecified atom stereocenters. The second-order valence-electron chi connectivity index (χ2n) is 5.68. The number of aromatic nitrogens is 2. The van der Waals surface area contributed by atoms with Crippen LogP contribution in [0.5, 0.6) is 5.75 Å². The van der Waals surface area contributed by atoms with Crippen LogP contribution in [-0.2, 0) is 0 Å². The molecule has 3 aromatic rings. The first kappa shape index (κ1) is 14.9. The maximum Gasteiger partial charge on any atom is 0.230 e. The van der Waals surface area contributed by atoms with E-state index in [1.165, 1.54) is 12.8 Å². The molecule has 0 saturated heterocycles. The van der Waals surface area contributed by atoms with Crippen molar-refractivity contribution in [2.75, 3.05) is 0 Å². The zero-order valence-corrected chi connectivity index (χ0v) is 12.8. The molecule has 114 valence electrons. The van der Waals surface area contributed by atoms with Crippen molar-refractivity contribution < 1.29 is 9.63 Å². The Balaban J connectivity index is 0.00000144. The topological polar surface area (TPSA) is 59.2 Å². The van der Waals surface area contributed by atoms with E-state index in [1.54, 1.807) is 12.1 Å². The average molecular weight is 317 g/mol. The number of benzene rings is 2. The standard InChI is InChI=1S/C17H16N2O2.ClH/c20-15-8-7-12-9-14(6-5-13(12)10-15)16-18-17(21-19-16)11-3-1-2-4-11;/h5-11,20H,1-4H2;1H. The summed E-state index contributed by atoms with van der Waals surface area (Å²) in [6.07, 6.45) is 4.81. The van der Waals surface area contributed by atoms with Gasteiger partial charge >= 0.3 is 0 Å². The molecule has 1 saturated carbocycles. The summed E-state index contributed by atoms with van der Waals surface area (Å²) in [5.41, 5.74) is 0.946. The number of rotatable bonds is 2. The third-order valence-electron chi connectivity index (χ3n) is 4.23. The third-order valence-corrected chi connectivity index (χ3v) is 4.23. The van der Waals surface area contributed by atoms with Crippen LogP contribution in [0.15, 0.2) is 40.9 Å². The Morgan fingerprint density at radius 1 is 1.00 bits per heavy atom. The van der Waals surface area contributed by atoms with Gasteiger partial charge in [0.25, 0.3) is 0 Å². The highest BCUT2D eigenvalue weighted by atomic mass is 35.5. The van der Waals surface area contributed by atoms with E-state index >= 15 is 0 Å². The normalized spacial score (nSPS) is 15.1. The first-order valence-electron chi connectivity index (χ1n) is 7.36. The molecule has 0 radical (unpaired) electrons. The van der Waals surface area contributed by atoms with Gasteiger partial charge in [-0.3, -0.25) is 0 Å². The fourth-order valence-corrected chi connectivity index (χ4v) is 3.06. The summed E-state index contributed by atoms with van der Waals surface area (Å²) in [7, 11) is 0. The fourth-order valence-electron chi connectivity index (χ4n) is 3.06. The van der Waals surface area contributed by atoms with E-state index in [0.717, 1.165) is 35.1 Å². The average Bonchev–Trinajstić information content (AvgIpc) is 3.17. The summed E-state index contributed by atoms with van der Waals surface area (Å²) in [6.45, 7) is 0. The molecule has 1 heterocycles. The zero-order chi connectivity index (χ0) is 14.2. The predicted octanol–water partition coefficient (Wildman–Crippen LogP) is 4.67. The van der Waals surface area contributed by atoms with Crippen LogP contribution in [0.2, 0.25) is 0 Å². The molecule has 0 amide bonds. The van der Waals surface area contributed by atoms with Gasteiger partial charge in [0.05, 0.1) is 0 Å². The van der Waals surface area contributed by atoms with Crippen molar-refractivity contribution in [1.82, 2.24) is 10.1 Å². The van der Waals surface area contributed by atoms with Gasteiger partial charge in [0.1, 0.15) is 5.75 Å². The van der Waals surface area contributed by atoms with E-state index in [1.807, 2.05) is 24.3 Å². The number of fused-ring (bicyclic) bond motifs is 1. The van der Waals surface area contributed by atoms with Crippen LogP contribution < -0.4 is 0 Å². The zero-order valence-electron chi connectivity index (χ0n) is 12.0. The molecule has 5 heteroatoms. The molecule has 4 rings (SSSR count). The maximum absolute atomic E-state index is 9.50. The molecule has 2 aromatic carbocycles. The van der Waals surface area contributed by atoms with Crippen molar-refractivity contribution in [2.45, 2.75) is 31.6 Å². The lowest BCUT2D eigenvalue weighted by Crippen LogP contribution is -1.91. The Morgan fingerprint density at radius 2 is 1.73 bits per heavy atom. The molecule has 0 spiro atoms. The molecular formula is C17H17ClN2O2. The van der Waals surface area contributed by atoms with Crippen LogP contribution in [0.3, 0.4) is 0 Å². The lowest BCUT2D eigenvalue weighted by molar-refractivity contribution is 0.354. The molecular weight excluding hydrogens is 300 g/mol. The Hall–Kier alpha value is -2.07. The van der Waals surface area contributed by atoms with Gasteiger partial charge in [0.2, 0.25) is 11.7 Å². The minimum absolute atomic E-state index is 0. The van der Waals surface area contributed by atoms with Gasteiger partial charge < -0.3 is 9.63 Å². The number of halogens is 1. The summed E-state index contributed by atoms with van der Waals surface area (Å²) in [5.74, 6) is 2.13. The van der Waals surface area contributed by atoms with Crippen LogP contribution in [0.25, 0.3) is 22.2 Å². The van der Waals surface area contributed by atoms with Crippen molar-refractivity contribution in [3.8, 4) is 17.1 Å². The number of phenols is 1. The third kappa shape index (κ3) is 2.66. The minimum atomic E-state index is 0. The summed E-state index contributed by atoms with van der Waals surface area (Å²) >= 11 is 0. The molecule has 4 nitrogen and oxygen atoms in total. The Morgan fingerprint density at radius 3 is 2.55 bits per heavy atom. The fraction of sp³-hybridized carbons (Fsp3) is 0.294.